The van der Waals surface area contributed by atoms with E-state index in [0.29, 0.717) is 18.6 Å². The lowest BCUT2D eigenvalue weighted by Crippen LogP contribution is -2.17. The number of aryl methyl sites for hydroxylation is 2. The van der Waals surface area contributed by atoms with Gasteiger partial charge < -0.3 is 10.2 Å². The van der Waals surface area contributed by atoms with Crippen LogP contribution in [0.25, 0.3) is 5.78 Å². The maximum Gasteiger partial charge on any atom is 0.252 e. The second-order valence-corrected chi connectivity index (χ2v) is 7.67. The van der Waals surface area contributed by atoms with Crippen LogP contribution in [0.15, 0.2) is 60.9 Å². The van der Waals surface area contributed by atoms with Crippen molar-refractivity contribution in [3.63, 3.8) is 0 Å². The normalized spacial score (nSPS) is 10.9. The monoisotopic (exact) mass is 414 g/mol. The molecule has 0 atom stereocenters. The van der Waals surface area contributed by atoms with Gasteiger partial charge in [0.25, 0.3) is 5.78 Å². The molecule has 4 rings (SSSR count). The predicted octanol–water partition coefficient (Wildman–Crippen LogP) is 3.95. The lowest BCUT2D eigenvalue weighted by Gasteiger charge is -2.20. The number of amides is 1. The van der Waals surface area contributed by atoms with Gasteiger partial charge in [0, 0.05) is 42.8 Å². The zero-order chi connectivity index (χ0) is 21.8. The highest BCUT2D eigenvalue weighted by Gasteiger charge is 2.13. The highest BCUT2D eigenvalue weighted by Crippen LogP contribution is 2.20. The molecule has 0 spiro atoms. The summed E-state index contributed by atoms with van der Waals surface area (Å²) in [5.74, 6) is 0.559. The van der Waals surface area contributed by atoms with E-state index >= 15 is 0 Å². The van der Waals surface area contributed by atoms with Gasteiger partial charge in [-0.05, 0) is 55.7 Å². The number of nitrogens with one attached hydrogen (secondary N) is 1. The summed E-state index contributed by atoms with van der Waals surface area (Å²) in [4.78, 5) is 23.3. The number of nitrogens with zero attached hydrogens (tertiary/aromatic N) is 5. The van der Waals surface area contributed by atoms with Crippen molar-refractivity contribution in [2.75, 3.05) is 17.3 Å². The molecular formula is C24H26N6O. The molecule has 2 heterocycles. The van der Waals surface area contributed by atoms with Gasteiger partial charge in [0.2, 0.25) is 5.91 Å². The quantitative estimate of drug-likeness (QED) is 0.496. The molecule has 2 aromatic carbocycles. The lowest BCUT2D eigenvalue weighted by atomic mass is 10.1. The second-order valence-electron chi connectivity index (χ2n) is 7.67. The molecule has 0 aliphatic carbocycles. The fraction of sp³-hybridized carbons (Fsp3) is 0.250. The Morgan fingerprint density at radius 1 is 1.06 bits per heavy atom. The van der Waals surface area contributed by atoms with E-state index in [2.05, 4.69) is 44.5 Å². The molecular weight excluding hydrogens is 388 g/mol. The van der Waals surface area contributed by atoms with Crippen molar-refractivity contribution in [1.82, 2.24) is 19.6 Å². The van der Waals surface area contributed by atoms with Gasteiger partial charge >= 0.3 is 0 Å². The fourth-order valence-corrected chi connectivity index (χ4v) is 3.73. The van der Waals surface area contributed by atoms with Crippen LogP contribution in [0.3, 0.4) is 0 Å². The van der Waals surface area contributed by atoms with E-state index in [-0.39, 0.29) is 5.91 Å². The first kappa shape index (κ1) is 20.5. The first-order valence-electron chi connectivity index (χ1n) is 10.3. The zero-order valence-corrected chi connectivity index (χ0v) is 18.0. The van der Waals surface area contributed by atoms with E-state index in [1.807, 2.05) is 56.3 Å². The molecule has 4 aromatic rings. The van der Waals surface area contributed by atoms with Crippen molar-refractivity contribution < 1.29 is 4.79 Å². The van der Waals surface area contributed by atoms with E-state index in [1.54, 1.807) is 4.52 Å². The Morgan fingerprint density at radius 2 is 1.81 bits per heavy atom. The molecule has 0 aliphatic heterocycles. The van der Waals surface area contributed by atoms with Gasteiger partial charge in [0.15, 0.2) is 0 Å². The summed E-state index contributed by atoms with van der Waals surface area (Å²) in [6, 6.07) is 18.3. The topological polar surface area (TPSA) is 75.4 Å². The molecule has 158 valence electrons. The predicted molar refractivity (Wildman–Crippen MR) is 122 cm³/mol. The van der Waals surface area contributed by atoms with Crippen LogP contribution in [0.5, 0.6) is 0 Å². The Kier molecular flexibility index (Phi) is 5.93. The number of carbonyl (C=O) groups excluding carboxylic acids is 1. The molecule has 1 amide bonds. The zero-order valence-electron chi connectivity index (χ0n) is 18.0. The number of benzene rings is 2. The molecule has 0 unspecified atom stereocenters. The highest BCUT2D eigenvalue weighted by molar-refractivity contribution is 5.91. The van der Waals surface area contributed by atoms with Crippen LogP contribution in [0, 0.1) is 13.8 Å². The third kappa shape index (κ3) is 4.71. The molecule has 31 heavy (non-hydrogen) atoms. The van der Waals surface area contributed by atoms with Crippen LogP contribution in [0.2, 0.25) is 0 Å². The van der Waals surface area contributed by atoms with E-state index in [9.17, 15) is 4.79 Å². The van der Waals surface area contributed by atoms with Crippen molar-refractivity contribution in [3.05, 3.63) is 83.4 Å². The van der Waals surface area contributed by atoms with E-state index < -0.39 is 0 Å². The second kappa shape index (κ2) is 8.95. The Bertz CT molecular complexity index is 1180. The van der Waals surface area contributed by atoms with Crippen molar-refractivity contribution in [2.24, 2.45) is 0 Å². The third-order valence-corrected chi connectivity index (χ3v) is 5.45. The minimum absolute atomic E-state index is 0.0251. The molecule has 7 heteroatoms. The number of hydrogen-bond donors (Lipinski definition) is 1. The van der Waals surface area contributed by atoms with Crippen molar-refractivity contribution in [3.8, 4) is 0 Å². The number of anilines is 2. The molecule has 0 aliphatic rings. The molecule has 0 fully saturated rings. The minimum Gasteiger partial charge on any atom is -0.370 e. The van der Waals surface area contributed by atoms with Crippen LogP contribution in [-0.2, 0) is 17.8 Å². The maximum absolute atomic E-state index is 12.5. The third-order valence-electron chi connectivity index (χ3n) is 5.45. The smallest absolute Gasteiger partial charge is 0.252 e. The average molecular weight is 415 g/mol. The largest absolute Gasteiger partial charge is 0.370 e. The van der Waals surface area contributed by atoms with Crippen LogP contribution >= 0.6 is 0 Å². The number of hydrogen-bond acceptors (Lipinski definition) is 5. The number of fused-ring (bicyclic) bond motifs is 1. The van der Waals surface area contributed by atoms with Crippen LogP contribution in [0.1, 0.15) is 28.9 Å². The van der Waals surface area contributed by atoms with Gasteiger partial charge in [-0.3, -0.25) is 4.79 Å². The standard InChI is InChI=1S/C24H26N6O/c1-17-22(18(2)30-24(27-17)25-16-26-30)13-14-23(31)28-20-9-11-21(12-10-20)29(3)15-19-7-5-4-6-8-19/h4-12,16H,13-15H2,1-3H3,(H,28,31). The summed E-state index contributed by atoms with van der Waals surface area (Å²) in [5.41, 5.74) is 6.04. The van der Waals surface area contributed by atoms with Gasteiger partial charge in [-0.25, -0.2) is 9.50 Å². The summed E-state index contributed by atoms with van der Waals surface area (Å²) >= 11 is 0. The summed E-state index contributed by atoms with van der Waals surface area (Å²) in [6.45, 7) is 4.75. The molecule has 0 radical (unpaired) electrons. The average Bonchev–Trinajstić information content (AvgIpc) is 3.23. The first-order valence-corrected chi connectivity index (χ1v) is 10.3. The number of aromatic nitrogens is 4. The summed E-state index contributed by atoms with van der Waals surface area (Å²) < 4.78 is 1.71. The van der Waals surface area contributed by atoms with Crippen LogP contribution in [0.4, 0.5) is 11.4 Å². The Morgan fingerprint density at radius 3 is 2.55 bits per heavy atom. The molecule has 1 N–H and O–H groups in total. The highest BCUT2D eigenvalue weighted by atomic mass is 16.1. The molecule has 0 bridgehead atoms. The van der Waals surface area contributed by atoms with Gasteiger partial charge in [-0.2, -0.15) is 10.1 Å². The summed E-state index contributed by atoms with van der Waals surface area (Å²) in [7, 11) is 2.06. The van der Waals surface area contributed by atoms with Gasteiger partial charge in [0.1, 0.15) is 6.33 Å². The van der Waals surface area contributed by atoms with E-state index in [4.69, 9.17) is 0 Å². The Hall–Kier alpha value is -3.74. The maximum atomic E-state index is 12.5. The SMILES string of the molecule is Cc1nc2ncnn2c(C)c1CCC(=O)Nc1ccc(N(C)Cc2ccccc2)cc1. The van der Waals surface area contributed by atoms with E-state index in [1.165, 1.54) is 11.9 Å². The molecule has 2 aromatic heterocycles. The molecule has 7 nitrogen and oxygen atoms in total. The van der Waals surface area contributed by atoms with Crippen molar-refractivity contribution in [1.29, 1.82) is 0 Å². The Balaban J connectivity index is 1.35. The lowest BCUT2D eigenvalue weighted by molar-refractivity contribution is -0.116. The van der Waals surface area contributed by atoms with Crippen molar-refractivity contribution >= 4 is 23.1 Å². The summed E-state index contributed by atoms with van der Waals surface area (Å²) in [5, 5.41) is 7.19. The molecule has 0 saturated heterocycles. The number of rotatable bonds is 7. The van der Waals surface area contributed by atoms with Crippen LogP contribution < -0.4 is 10.2 Å². The van der Waals surface area contributed by atoms with Gasteiger partial charge in [0.05, 0.1) is 0 Å². The number of carbonyl (C=O) groups is 1. The van der Waals surface area contributed by atoms with Crippen LogP contribution in [-0.4, -0.2) is 32.5 Å². The Labute approximate surface area is 181 Å². The summed E-state index contributed by atoms with van der Waals surface area (Å²) in [6.07, 6.45) is 2.47. The molecule has 0 saturated carbocycles. The van der Waals surface area contributed by atoms with Gasteiger partial charge in [-0.15, -0.1) is 0 Å². The minimum atomic E-state index is -0.0251. The fourth-order valence-electron chi connectivity index (χ4n) is 3.73. The van der Waals surface area contributed by atoms with Crippen molar-refractivity contribution in [2.45, 2.75) is 33.2 Å². The van der Waals surface area contributed by atoms with Gasteiger partial charge in [-0.1, -0.05) is 30.3 Å². The first-order chi connectivity index (χ1) is 15.0. The van der Waals surface area contributed by atoms with E-state index in [0.717, 1.165) is 34.9 Å².